The molecule has 1 aromatic heterocycles. The number of carboxylic acid groups (broad SMARTS) is 1. The van der Waals surface area contributed by atoms with Gasteiger partial charge in [-0.05, 0) is 24.5 Å². The largest absolute Gasteiger partial charge is 0.481 e. The number of hydrogen-bond donors (Lipinski definition) is 3. The molecule has 0 unspecified atom stereocenters. The van der Waals surface area contributed by atoms with Crippen molar-refractivity contribution in [3.63, 3.8) is 0 Å². The first-order chi connectivity index (χ1) is 9.43. The summed E-state index contributed by atoms with van der Waals surface area (Å²) in [7, 11) is 1.68. The SMILES string of the molecule is CNc1ncccc1C(=O)N[C@H](CC(=O)O)CC(C)C. The Kier molecular flexibility index (Phi) is 5.96. The van der Waals surface area contributed by atoms with Gasteiger partial charge in [0.05, 0.1) is 12.0 Å². The van der Waals surface area contributed by atoms with E-state index in [2.05, 4.69) is 15.6 Å². The number of nitrogens with zero attached hydrogens (tertiary/aromatic N) is 1. The predicted molar refractivity (Wildman–Crippen MR) is 76.7 cm³/mol. The van der Waals surface area contributed by atoms with Crippen LogP contribution >= 0.6 is 0 Å². The molecule has 0 aliphatic heterocycles. The Morgan fingerprint density at radius 1 is 1.40 bits per heavy atom. The topological polar surface area (TPSA) is 91.3 Å². The second-order valence-electron chi connectivity index (χ2n) is 5.05. The van der Waals surface area contributed by atoms with Crippen LogP contribution in [0.2, 0.25) is 0 Å². The Balaban J connectivity index is 2.81. The van der Waals surface area contributed by atoms with Crippen LogP contribution in [0.4, 0.5) is 5.82 Å². The van der Waals surface area contributed by atoms with Crippen molar-refractivity contribution in [1.29, 1.82) is 0 Å². The first-order valence-electron chi connectivity index (χ1n) is 6.59. The van der Waals surface area contributed by atoms with E-state index in [0.29, 0.717) is 23.7 Å². The minimum Gasteiger partial charge on any atom is -0.481 e. The lowest BCUT2D eigenvalue weighted by Gasteiger charge is -2.19. The molecular weight excluding hydrogens is 258 g/mol. The van der Waals surface area contributed by atoms with Crippen LogP contribution in [-0.4, -0.2) is 35.1 Å². The maximum atomic E-state index is 12.2. The van der Waals surface area contributed by atoms with Crippen LogP contribution in [0.1, 0.15) is 37.0 Å². The zero-order chi connectivity index (χ0) is 15.1. The summed E-state index contributed by atoms with van der Waals surface area (Å²) in [6.45, 7) is 3.98. The smallest absolute Gasteiger partial charge is 0.305 e. The molecule has 0 aliphatic carbocycles. The summed E-state index contributed by atoms with van der Waals surface area (Å²) in [4.78, 5) is 27.1. The summed E-state index contributed by atoms with van der Waals surface area (Å²) in [5.41, 5.74) is 0.411. The number of carboxylic acids is 1. The van der Waals surface area contributed by atoms with E-state index < -0.39 is 5.97 Å². The van der Waals surface area contributed by atoms with Gasteiger partial charge in [0, 0.05) is 19.3 Å². The van der Waals surface area contributed by atoms with Crippen LogP contribution < -0.4 is 10.6 Å². The van der Waals surface area contributed by atoms with Gasteiger partial charge in [-0.25, -0.2) is 4.98 Å². The quantitative estimate of drug-likeness (QED) is 0.707. The number of pyridine rings is 1. The highest BCUT2D eigenvalue weighted by molar-refractivity contribution is 5.99. The van der Waals surface area contributed by atoms with Gasteiger partial charge in [-0.15, -0.1) is 0 Å². The molecule has 0 saturated heterocycles. The number of nitrogens with one attached hydrogen (secondary N) is 2. The van der Waals surface area contributed by atoms with Crippen LogP contribution in [0.3, 0.4) is 0 Å². The molecule has 1 aromatic rings. The Hall–Kier alpha value is -2.11. The van der Waals surface area contributed by atoms with Crippen molar-refractivity contribution in [3.05, 3.63) is 23.9 Å². The first kappa shape index (κ1) is 15.9. The van der Waals surface area contributed by atoms with Gasteiger partial charge in [-0.2, -0.15) is 0 Å². The molecule has 0 spiro atoms. The summed E-state index contributed by atoms with van der Waals surface area (Å²) in [5, 5.41) is 14.5. The van der Waals surface area contributed by atoms with Crippen molar-refractivity contribution >= 4 is 17.7 Å². The number of anilines is 1. The first-order valence-corrected chi connectivity index (χ1v) is 6.59. The Morgan fingerprint density at radius 2 is 2.10 bits per heavy atom. The summed E-state index contributed by atoms with van der Waals surface area (Å²) in [5.74, 6) is -0.453. The fourth-order valence-electron chi connectivity index (χ4n) is 2.02. The third-order valence-electron chi connectivity index (χ3n) is 2.80. The molecule has 20 heavy (non-hydrogen) atoms. The predicted octanol–water partition coefficient (Wildman–Crippen LogP) is 1.74. The lowest BCUT2D eigenvalue weighted by Crippen LogP contribution is -2.37. The van der Waals surface area contributed by atoms with Crippen molar-refractivity contribution in [1.82, 2.24) is 10.3 Å². The van der Waals surface area contributed by atoms with Crippen molar-refractivity contribution in [2.45, 2.75) is 32.7 Å². The van der Waals surface area contributed by atoms with Crippen LogP contribution in [0.25, 0.3) is 0 Å². The number of amides is 1. The van der Waals surface area contributed by atoms with E-state index in [0.717, 1.165) is 0 Å². The van der Waals surface area contributed by atoms with Gasteiger partial charge in [-0.3, -0.25) is 9.59 Å². The fraction of sp³-hybridized carbons (Fsp3) is 0.500. The van der Waals surface area contributed by atoms with Crippen LogP contribution in [0, 0.1) is 5.92 Å². The fourth-order valence-corrected chi connectivity index (χ4v) is 2.02. The maximum absolute atomic E-state index is 12.2. The Morgan fingerprint density at radius 3 is 2.65 bits per heavy atom. The van der Waals surface area contributed by atoms with Gasteiger partial charge >= 0.3 is 5.97 Å². The number of carbonyl (C=O) groups is 2. The number of rotatable bonds is 7. The van der Waals surface area contributed by atoms with E-state index in [1.807, 2.05) is 13.8 Å². The maximum Gasteiger partial charge on any atom is 0.305 e. The number of carbonyl (C=O) groups excluding carboxylic acids is 1. The zero-order valence-corrected chi connectivity index (χ0v) is 12.0. The molecule has 3 N–H and O–H groups in total. The van der Waals surface area contributed by atoms with Crippen molar-refractivity contribution in [2.24, 2.45) is 5.92 Å². The molecule has 6 heteroatoms. The highest BCUT2D eigenvalue weighted by Gasteiger charge is 2.19. The zero-order valence-electron chi connectivity index (χ0n) is 12.0. The van der Waals surface area contributed by atoms with E-state index in [1.54, 1.807) is 25.4 Å². The van der Waals surface area contributed by atoms with Crippen molar-refractivity contribution in [3.8, 4) is 0 Å². The van der Waals surface area contributed by atoms with Crippen molar-refractivity contribution in [2.75, 3.05) is 12.4 Å². The molecule has 0 saturated carbocycles. The van der Waals surface area contributed by atoms with Gasteiger partial charge in [0.2, 0.25) is 0 Å². The third-order valence-corrected chi connectivity index (χ3v) is 2.80. The van der Waals surface area contributed by atoms with Gasteiger partial charge in [0.25, 0.3) is 5.91 Å². The number of hydrogen-bond acceptors (Lipinski definition) is 4. The van der Waals surface area contributed by atoms with Crippen molar-refractivity contribution < 1.29 is 14.7 Å². The van der Waals surface area contributed by atoms with E-state index in [1.165, 1.54) is 0 Å². The normalized spacial score (nSPS) is 12.0. The number of aromatic nitrogens is 1. The molecule has 1 atom stereocenters. The van der Waals surface area contributed by atoms with Crippen LogP contribution in [0.5, 0.6) is 0 Å². The van der Waals surface area contributed by atoms with Gasteiger partial charge in [0.1, 0.15) is 5.82 Å². The molecule has 0 fully saturated rings. The lowest BCUT2D eigenvalue weighted by molar-refractivity contribution is -0.137. The Bertz CT molecular complexity index is 474. The van der Waals surface area contributed by atoms with Crippen LogP contribution in [0.15, 0.2) is 18.3 Å². The highest BCUT2D eigenvalue weighted by atomic mass is 16.4. The third kappa shape index (κ3) is 4.87. The Labute approximate surface area is 118 Å². The molecule has 0 aliphatic rings. The molecule has 0 aromatic carbocycles. The second-order valence-corrected chi connectivity index (χ2v) is 5.05. The van der Waals surface area contributed by atoms with E-state index in [9.17, 15) is 9.59 Å². The van der Waals surface area contributed by atoms with Crippen LogP contribution in [-0.2, 0) is 4.79 Å². The summed E-state index contributed by atoms with van der Waals surface area (Å²) >= 11 is 0. The summed E-state index contributed by atoms with van der Waals surface area (Å²) in [6, 6.07) is 2.94. The molecule has 1 heterocycles. The minimum absolute atomic E-state index is 0.0843. The average molecular weight is 279 g/mol. The van der Waals surface area contributed by atoms with Gasteiger partial charge in [-0.1, -0.05) is 13.8 Å². The molecular formula is C14H21N3O3. The molecule has 0 radical (unpaired) electrons. The van der Waals surface area contributed by atoms with Gasteiger partial charge in [0.15, 0.2) is 0 Å². The second kappa shape index (κ2) is 7.47. The molecule has 0 bridgehead atoms. The lowest BCUT2D eigenvalue weighted by atomic mass is 10.0. The average Bonchev–Trinajstić information content (AvgIpc) is 2.36. The molecule has 6 nitrogen and oxygen atoms in total. The van der Waals surface area contributed by atoms with Gasteiger partial charge < -0.3 is 15.7 Å². The monoisotopic (exact) mass is 279 g/mol. The van der Waals surface area contributed by atoms with E-state index >= 15 is 0 Å². The van der Waals surface area contributed by atoms with E-state index in [4.69, 9.17) is 5.11 Å². The summed E-state index contributed by atoms with van der Waals surface area (Å²) in [6.07, 6.45) is 2.12. The minimum atomic E-state index is -0.920. The highest BCUT2D eigenvalue weighted by Crippen LogP contribution is 2.13. The molecule has 110 valence electrons. The summed E-state index contributed by atoms with van der Waals surface area (Å²) < 4.78 is 0. The molecule has 1 amide bonds. The molecule has 1 rings (SSSR count). The van der Waals surface area contributed by atoms with E-state index in [-0.39, 0.29) is 18.4 Å². The standard InChI is InChI=1S/C14H21N3O3/c1-9(2)7-10(8-12(18)19)17-14(20)11-5-4-6-16-13(11)15-3/h4-6,9-10H,7-8H2,1-3H3,(H,15,16)(H,17,20)(H,18,19)/t10-/m0/s1. The number of aliphatic carboxylic acids is 1.